The molecule has 5 N–H and O–H groups in total. The van der Waals surface area contributed by atoms with E-state index in [4.69, 9.17) is 10.9 Å². The highest BCUT2D eigenvalue weighted by molar-refractivity contribution is 7.92. The third-order valence-corrected chi connectivity index (χ3v) is 1.89. The van der Waals surface area contributed by atoms with Gasteiger partial charge in [-0.25, -0.2) is 8.42 Å². The summed E-state index contributed by atoms with van der Waals surface area (Å²) in [7, 11) is -3.42. The number of rotatable bonds is 3. The highest BCUT2D eigenvalue weighted by Crippen LogP contribution is 2.11. The molecule has 0 aromatic carbocycles. The van der Waals surface area contributed by atoms with Gasteiger partial charge >= 0.3 is 0 Å². The molecule has 0 amide bonds. The van der Waals surface area contributed by atoms with Gasteiger partial charge in [0, 0.05) is 0 Å². The molecule has 9 heteroatoms. The van der Waals surface area contributed by atoms with Crippen molar-refractivity contribution in [1.29, 1.82) is 0 Å². The van der Waals surface area contributed by atoms with Gasteiger partial charge in [0.25, 0.3) is 0 Å². The second-order valence-corrected chi connectivity index (χ2v) is 4.27. The molecule has 78 valence electrons. The minimum atomic E-state index is -3.42. The Balaban J connectivity index is 3.06. The number of nitrogens with one attached hydrogen (secondary N) is 2. The van der Waals surface area contributed by atoms with E-state index < -0.39 is 10.0 Å². The van der Waals surface area contributed by atoms with E-state index in [1.165, 1.54) is 6.20 Å². The summed E-state index contributed by atoms with van der Waals surface area (Å²) in [6.45, 7) is 0. The summed E-state index contributed by atoms with van der Waals surface area (Å²) < 4.78 is 23.8. The lowest BCUT2D eigenvalue weighted by molar-refractivity contribution is 0.318. The Kier molecular flexibility index (Phi) is 2.60. The molecule has 1 heterocycles. The molecular weight excluding hydrogens is 210 g/mol. The SMILES string of the molecule is CS(=O)(=O)Nc1[nH]ncc1C(N)=NO. The van der Waals surface area contributed by atoms with E-state index in [0.29, 0.717) is 0 Å². The Bertz CT molecular complexity index is 448. The molecule has 0 bridgehead atoms. The molecule has 0 aliphatic heterocycles. The second kappa shape index (κ2) is 3.54. The van der Waals surface area contributed by atoms with Crippen molar-refractivity contribution in [2.75, 3.05) is 11.0 Å². The Hall–Kier alpha value is -1.77. The monoisotopic (exact) mass is 219 g/mol. The third-order valence-electron chi connectivity index (χ3n) is 1.31. The zero-order chi connectivity index (χ0) is 10.8. The fourth-order valence-corrected chi connectivity index (χ4v) is 1.32. The zero-order valence-corrected chi connectivity index (χ0v) is 8.04. The van der Waals surface area contributed by atoms with Gasteiger partial charge in [0.1, 0.15) is 5.82 Å². The molecule has 0 fully saturated rings. The number of nitrogens with zero attached hydrogens (tertiary/aromatic N) is 2. The van der Waals surface area contributed by atoms with Crippen LogP contribution >= 0.6 is 0 Å². The molecule has 8 nitrogen and oxygen atoms in total. The summed E-state index contributed by atoms with van der Waals surface area (Å²) >= 11 is 0. The van der Waals surface area contributed by atoms with Crippen LogP contribution in [-0.2, 0) is 10.0 Å². The maximum atomic E-state index is 10.9. The Morgan fingerprint density at radius 2 is 2.43 bits per heavy atom. The number of nitrogens with two attached hydrogens (primary N) is 1. The number of hydrogen-bond acceptors (Lipinski definition) is 5. The highest BCUT2D eigenvalue weighted by atomic mass is 32.2. The summed E-state index contributed by atoms with van der Waals surface area (Å²) in [5.74, 6) is -0.173. The van der Waals surface area contributed by atoms with Gasteiger partial charge in [-0.3, -0.25) is 9.82 Å². The van der Waals surface area contributed by atoms with E-state index in [1.54, 1.807) is 0 Å². The number of aromatic amines is 1. The van der Waals surface area contributed by atoms with Crippen LogP contribution in [0, 0.1) is 0 Å². The molecule has 1 rings (SSSR count). The summed E-state index contributed by atoms with van der Waals surface area (Å²) in [5.41, 5.74) is 5.44. The Morgan fingerprint density at radius 1 is 1.79 bits per heavy atom. The van der Waals surface area contributed by atoms with Crippen LogP contribution in [-0.4, -0.2) is 35.9 Å². The number of amidine groups is 1. The first-order valence-electron chi connectivity index (χ1n) is 3.43. The molecule has 0 saturated heterocycles. The van der Waals surface area contributed by atoms with Crippen LogP contribution in [0.15, 0.2) is 11.4 Å². The zero-order valence-electron chi connectivity index (χ0n) is 7.22. The highest BCUT2D eigenvalue weighted by Gasteiger charge is 2.12. The molecule has 1 aromatic rings. The van der Waals surface area contributed by atoms with E-state index >= 15 is 0 Å². The van der Waals surface area contributed by atoms with E-state index in [9.17, 15) is 8.42 Å². The van der Waals surface area contributed by atoms with Crippen LogP contribution < -0.4 is 10.5 Å². The summed E-state index contributed by atoms with van der Waals surface area (Å²) in [4.78, 5) is 0. The van der Waals surface area contributed by atoms with E-state index in [-0.39, 0.29) is 17.2 Å². The molecule has 0 aliphatic rings. The van der Waals surface area contributed by atoms with Gasteiger partial charge < -0.3 is 10.9 Å². The van der Waals surface area contributed by atoms with E-state index in [2.05, 4.69) is 20.1 Å². The van der Waals surface area contributed by atoms with Gasteiger partial charge in [0.2, 0.25) is 10.0 Å². The molecule has 1 aromatic heterocycles. The quantitative estimate of drug-likeness (QED) is 0.221. The normalized spacial score (nSPS) is 12.8. The third kappa shape index (κ3) is 2.36. The molecular formula is C5H9N5O3S. The van der Waals surface area contributed by atoms with Crippen LogP contribution in [0.25, 0.3) is 0 Å². The van der Waals surface area contributed by atoms with Crippen molar-refractivity contribution in [3.63, 3.8) is 0 Å². The maximum Gasteiger partial charge on any atom is 0.230 e. The molecule has 0 aliphatic carbocycles. The molecule has 0 radical (unpaired) electrons. The maximum absolute atomic E-state index is 10.9. The fraction of sp³-hybridized carbons (Fsp3) is 0.200. The van der Waals surface area contributed by atoms with Crippen molar-refractivity contribution in [2.24, 2.45) is 10.9 Å². The number of H-pyrrole nitrogens is 1. The second-order valence-electron chi connectivity index (χ2n) is 2.52. The summed E-state index contributed by atoms with van der Waals surface area (Å²) in [6.07, 6.45) is 2.21. The smallest absolute Gasteiger partial charge is 0.230 e. The summed E-state index contributed by atoms with van der Waals surface area (Å²) in [6, 6.07) is 0. The predicted octanol–water partition coefficient (Wildman–Crippen LogP) is -1.12. The largest absolute Gasteiger partial charge is 0.409 e. The first-order chi connectivity index (χ1) is 6.44. The van der Waals surface area contributed by atoms with Gasteiger partial charge in [-0.05, 0) is 0 Å². The lowest BCUT2D eigenvalue weighted by atomic mass is 10.3. The van der Waals surface area contributed by atoms with Crippen LogP contribution in [0.2, 0.25) is 0 Å². The molecule has 0 saturated carbocycles. The standard InChI is InChI=1S/C5H9N5O3S/c1-14(12,13)10-5-3(2-7-8-5)4(6)9-11/h2,11H,1H3,(H2,6,9)(H2,7,8,10). The lowest BCUT2D eigenvalue weighted by Crippen LogP contribution is -2.17. The first kappa shape index (κ1) is 10.3. The van der Waals surface area contributed by atoms with Gasteiger partial charge in [-0.15, -0.1) is 0 Å². The van der Waals surface area contributed by atoms with E-state index in [0.717, 1.165) is 6.26 Å². The number of aromatic nitrogens is 2. The molecule has 0 spiro atoms. The predicted molar refractivity (Wildman–Crippen MR) is 49.6 cm³/mol. The number of hydrogen-bond donors (Lipinski definition) is 4. The number of anilines is 1. The molecule has 14 heavy (non-hydrogen) atoms. The van der Waals surface area contributed by atoms with Crippen molar-refractivity contribution in [3.8, 4) is 0 Å². The Labute approximate surface area is 79.9 Å². The fourth-order valence-electron chi connectivity index (χ4n) is 0.797. The van der Waals surface area contributed by atoms with Gasteiger partial charge in [-0.1, -0.05) is 5.16 Å². The van der Waals surface area contributed by atoms with Crippen molar-refractivity contribution in [3.05, 3.63) is 11.8 Å². The number of sulfonamides is 1. The number of oxime groups is 1. The van der Waals surface area contributed by atoms with Crippen molar-refractivity contribution < 1.29 is 13.6 Å². The van der Waals surface area contributed by atoms with Gasteiger partial charge in [0.05, 0.1) is 18.0 Å². The van der Waals surface area contributed by atoms with Crippen LogP contribution in [0.1, 0.15) is 5.56 Å². The van der Waals surface area contributed by atoms with Crippen LogP contribution in [0.3, 0.4) is 0 Å². The minimum absolute atomic E-state index is 0.0581. The Morgan fingerprint density at radius 3 is 2.93 bits per heavy atom. The van der Waals surface area contributed by atoms with Crippen molar-refractivity contribution in [1.82, 2.24) is 10.2 Å². The van der Waals surface area contributed by atoms with Gasteiger partial charge in [-0.2, -0.15) is 5.10 Å². The lowest BCUT2D eigenvalue weighted by Gasteiger charge is -2.02. The van der Waals surface area contributed by atoms with Gasteiger partial charge in [0.15, 0.2) is 5.84 Å². The van der Waals surface area contributed by atoms with Crippen LogP contribution in [0.4, 0.5) is 5.82 Å². The molecule has 0 unspecified atom stereocenters. The minimum Gasteiger partial charge on any atom is -0.409 e. The van der Waals surface area contributed by atoms with Crippen LogP contribution in [0.5, 0.6) is 0 Å². The first-order valence-corrected chi connectivity index (χ1v) is 5.32. The molecule has 0 atom stereocenters. The van der Waals surface area contributed by atoms with Crippen molar-refractivity contribution in [2.45, 2.75) is 0 Å². The van der Waals surface area contributed by atoms with Crippen molar-refractivity contribution >= 4 is 21.7 Å². The average molecular weight is 219 g/mol. The van der Waals surface area contributed by atoms with E-state index in [1.807, 2.05) is 0 Å². The topological polar surface area (TPSA) is 133 Å². The average Bonchev–Trinajstić information content (AvgIpc) is 2.48. The summed E-state index contributed by atoms with van der Waals surface area (Å²) in [5, 5.41) is 17.0.